The first kappa shape index (κ1) is 105. The molecule has 7 aromatic carbocycles. The van der Waals surface area contributed by atoms with Crippen LogP contribution in [0, 0.1) is 0 Å². The largest absolute Gasteiger partial charge is 0.466 e. The summed E-state index contributed by atoms with van der Waals surface area (Å²) in [5.41, 5.74) is 12.3. The Labute approximate surface area is 797 Å². The van der Waals surface area contributed by atoms with Crippen molar-refractivity contribution in [2.75, 3.05) is 33.6 Å². The zero-order valence-corrected chi connectivity index (χ0v) is 79.5. The summed E-state index contributed by atoms with van der Waals surface area (Å²) in [7, 11) is 0. The minimum absolute atomic E-state index is 0.0168. The fourth-order valence-electron chi connectivity index (χ4n) is 16.6. The normalized spacial score (nSPS) is 12.1. The van der Waals surface area contributed by atoms with E-state index in [0.717, 1.165) is 106 Å². The van der Waals surface area contributed by atoms with Gasteiger partial charge in [0.2, 0.25) is 17.7 Å². The van der Waals surface area contributed by atoms with Crippen molar-refractivity contribution < 1.29 is 76.6 Å². The van der Waals surface area contributed by atoms with Crippen LogP contribution in [0.2, 0.25) is 0 Å². The van der Waals surface area contributed by atoms with Crippen molar-refractivity contribution in [3.8, 4) is 45.0 Å². The number of hydrogen-bond acceptors (Lipinski definition) is 20. The maximum absolute atomic E-state index is 14.0. The Morgan fingerprint density at radius 3 is 1.10 bits per heavy atom. The number of unbranched alkanes of at least 4 members (excludes halogenated alkanes) is 12. The minimum atomic E-state index is -0.743. The van der Waals surface area contributed by atoms with Gasteiger partial charge in [0, 0.05) is 147 Å². The molecule has 2 aliphatic heterocycles. The Hall–Kier alpha value is -13.4. The first-order valence-electron chi connectivity index (χ1n) is 48.8. The number of rotatable bonds is 56. The molecule has 2 aliphatic rings. The van der Waals surface area contributed by atoms with Crippen molar-refractivity contribution in [1.82, 2.24) is 40.6 Å². The predicted molar refractivity (Wildman–Crippen MR) is 525 cm³/mol. The molecule has 2 unspecified atom stereocenters. The molecule has 4 N–H and O–H groups in total. The Morgan fingerprint density at radius 2 is 0.676 bits per heavy atom. The zero-order chi connectivity index (χ0) is 96.9. The van der Waals surface area contributed by atoms with Gasteiger partial charge in [0.25, 0.3) is 17.7 Å². The number of anilines is 4. The maximum atomic E-state index is 14.0. The van der Waals surface area contributed by atoms with Crippen LogP contribution in [0.3, 0.4) is 0 Å². The van der Waals surface area contributed by atoms with E-state index in [1.165, 1.54) is 0 Å². The highest BCUT2D eigenvalue weighted by Crippen LogP contribution is 2.44. The lowest BCUT2D eigenvalue weighted by atomic mass is 9.95. The second-order valence-corrected chi connectivity index (χ2v) is 34.6. The number of amides is 6. The number of esters is 2. The number of carbonyl (C=O) groups is 14. The number of nitrogens with one attached hydrogen (secondary N) is 4. The number of nitrogens with zero attached hydrogens (tertiary/aromatic N) is 8. The second-order valence-electron chi connectivity index (χ2n) is 34.6. The second kappa shape index (κ2) is 56.1. The molecule has 9 aromatic rings. The number of hydrogen-bond donors (Lipinski definition) is 4. The van der Waals surface area contributed by atoms with Gasteiger partial charge in [0.05, 0.1) is 74.0 Å². The van der Waals surface area contributed by atoms with E-state index in [1.807, 2.05) is 136 Å². The van der Waals surface area contributed by atoms with E-state index in [9.17, 15) is 67.1 Å². The molecule has 11 rings (SSSR count). The molecular weight excluding hydrogens is 1720 g/mol. The van der Waals surface area contributed by atoms with Crippen molar-refractivity contribution in [2.45, 2.75) is 298 Å². The molecule has 0 bridgehead atoms. The Kier molecular flexibility index (Phi) is 43.2. The molecule has 2 atom stereocenters. The standard InChI is InChI=1S/C56H66N6O8.C52H66N6O8/c1-3-44(63)24-13-17-30-51(66)61-39-42-23-12-14-25-46(42)53-54(47-26-15-16-28-49(47)61)62(60-59-53)37-19-18-27-48(50(65)29-11-6-5-7-20-38-70-52(67)36-35-45(64)4-2)58-56(69)41-31-33-43(34-32-41)57-55(68)40-21-9-8-10-22-40;1-4-40(59)21-12-16-27-48(63)57-36-38-20-11-13-22-42(38)50-51(43-23-14-15-25-45(43)57)58(56-55-50)34-18-17-24-44(54-52(65)37-28-30-39(31-29-37)53-47(62)6-3)46(61)26-10-8-7-9-19-35-66-49(64)33-32-41(60)5-2/h8-10,12,14-16,21-23,25-26,28,31-34,48H,3-7,11,13,17-20,24,27,29-30,35-39H2,1-2H3,(H,57,68)(H,58,69);11,13-15,20,22-23,25,28-31,44H,4-10,12,16-19,21,24,26-27,32-36H2,1-3H3,(H,53,62)(H,54,65). The number of ketones is 6. The maximum Gasteiger partial charge on any atom is 0.306 e. The molecule has 2 aromatic heterocycles. The molecule has 6 amide bonds. The van der Waals surface area contributed by atoms with Crippen molar-refractivity contribution in [2.24, 2.45) is 0 Å². The molecular formula is C108H132N12O16. The highest BCUT2D eigenvalue weighted by Gasteiger charge is 2.33. The van der Waals surface area contributed by atoms with Crippen LogP contribution in [-0.2, 0) is 88.4 Å². The van der Waals surface area contributed by atoms with Crippen LogP contribution >= 0.6 is 0 Å². The highest BCUT2D eigenvalue weighted by atomic mass is 16.5. The summed E-state index contributed by atoms with van der Waals surface area (Å²) in [5.74, 6) is -1.57. The molecule has 0 radical (unpaired) electrons. The van der Waals surface area contributed by atoms with Crippen LogP contribution in [0.4, 0.5) is 22.7 Å². The SMILES string of the molecule is CCC(=O)CCCCC(=O)N1Cc2ccccc2-c2nnn(CCCCC(NC(=O)c3ccc(NC(=O)CC)cc3)C(=O)CCCCCCCOC(=O)CCC(=O)CC)c2-c2ccccc21.CCC(=O)CCCCC(=O)N1Cc2ccccc2-c2nnn(CCCCC(NC(=O)c3ccc(NC(=O)c4ccccc4)cc3)C(=O)CCCCCCCOC(=O)CCC(=O)CC)c2-c2ccccc21. The number of benzene rings is 7. The Bertz CT molecular complexity index is 5530. The summed E-state index contributed by atoms with van der Waals surface area (Å²) in [6.07, 6.45) is 18.4. The minimum Gasteiger partial charge on any atom is -0.466 e. The topological polar surface area (TPSA) is 373 Å². The number of aryl methyl sites for hydroxylation is 2. The molecule has 0 saturated carbocycles. The molecule has 0 spiro atoms. The first-order chi connectivity index (χ1) is 66.1. The van der Waals surface area contributed by atoms with E-state index in [4.69, 9.17) is 19.7 Å². The van der Waals surface area contributed by atoms with E-state index < -0.39 is 18.0 Å². The monoisotopic (exact) mass is 1850 g/mol. The molecule has 28 heteroatoms. The average Bonchev–Trinajstić information content (AvgIpc) is 1.57. The van der Waals surface area contributed by atoms with Gasteiger partial charge >= 0.3 is 11.9 Å². The molecule has 28 nitrogen and oxygen atoms in total. The van der Waals surface area contributed by atoms with E-state index in [0.29, 0.717) is 222 Å². The van der Waals surface area contributed by atoms with Gasteiger partial charge in [0.15, 0.2) is 11.6 Å². The van der Waals surface area contributed by atoms with Crippen LogP contribution < -0.4 is 31.1 Å². The molecule has 136 heavy (non-hydrogen) atoms. The summed E-state index contributed by atoms with van der Waals surface area (Å²) in [6.45, 7) is 11.3. The summed E-state index contributed by atoms with van der Waals surface area (Å²) in [5, 5.41) is 30.3. The van der Waals surface area contributed by atoms with Crippen LogP contribution in [0.25, 0.3) is 45.0 Å². The zero-order valence-electron chi connectivity index (χ0n) is 79.5. The third-order valence-corrected chi connectivity index (χ3v) is 24.6. The summed E-state index contributed by atoms with van der Waals surface area (Å²) < 4.78 is 14.3. The van der Waals surface area contributed by atoms with Gasteiger partial charge in [-0.3, -0.25) is 67.1 Å². The smallest absolute Gasteiger partial charge is 0.306 e. The highest BCUT2D eigenvalue weighted by molar-refractivity contribution is 6.06. The summed E-state index contributed by atoms with van der Waals surface area (Å²) in [6, 6.07) is 52.0. The number of ether oxygens (including phenoxy) is 2. The number of carbonyl (C=O) groups excluding carboxylic acids is 14. The lowest BCUT2D eigenvalue weighted by Crippen LogP contribution is -2.40. The quantitative estimate of drug-likeness (QED) is 0.0203. The van der Waals surface area contributed by atoms with Crippen molar-refractivity contribution in [3.05, 3.63) is 204 Å². The van der Waals surface area contributed by atoms with Gasteiger partial charge < -0.3 is 40.5 Å². The van der Waals surface area contributed by atoms with E-state index in [1.54, 1.807) is 93.6 Å². The van der Waals surface area contributed by atoms with Crippen LogP contribution in [-0.4, -0.2) is 137 Å². The molecule has 0 saturated heterocycles. The number of para-hydroxylation sites is 2. The van der Waals surface area contributed by atoms with Gasteiger partial charge in [-0.1, -0.05) is 187 Å². The number of fused-ring (bicyclic) bond motifs is 10. The first-order valence-corrected chi connectivity index (χ1v) is 48.8. The summed E-state index contributed by atoms with van der Waals surface area (Å²) in [4.78, 5) is 182. The number of Topliss-reactive ketones (excluding diaryl/α,β-unsaturated/α-hetero) is 6. The average molecular weight is 1850 g/mol. The van der Waals surface area contributed by atoms with Crippen LogP contribution in [0.15, 0.2) is 176 Å². The predicted octanol–water partition coefficient (Wildman–Crippen LogP) is 20.0. The van der Waals surface area contributed by atoms with E-state index in [2.05, 4.69) is 31.7 Å². The fourth-order valence-corrected chi connectivity index (χ4v) is 16.6. The van der Waals surface area contributed by atoms with Gasteiger partial charge in [-0.2, -0.15) is 0 Å². The lowest BCUT2D eigenvalue weighted by molar-refractivity contribution is -0.145. The van der Waals surface area contributed by atoms with Crippen molar-refractivity contribution in [1.29, 1.82) is 0 Å². The molecule has 720 valence electrons. The van der Waals surface area contributed by atoms with Crippen molar-refractivity contribution in [3.63, 3.8) is 0 Å². The molecule has 0 fully saturated rings. The van der Waals surface area contributed by atoms with Crippen LogP contribution in [0.5, 0.6) is 0 Å². The van der Waals surface area contributed by atoms with Crippen molar-refractivity contribution >= 4 is 105 Å². The van der Waals surface area contributed by atoms with Gasteiger partial charge in [-0.15, -0.1) is 10.2 Å². The molecule has 0 aliphatic carbocycles. The summed E-state index contributed by atoms with van der Waals surface area (Å²) >= 11 is 0. The van der Waals surface area contributed by atoms with E-state index in [-0.39, 0.29) is 108 Å². The van der Waals surface area contributed by atoms with Gasteiger partial charge in [-0.05, 0) is 174 Å². The van der Waals surface area contributed by atoms with Gasteiger partial charge in [-0.25, -0.2) is 9.36 Å². The Morgan fingerprint density at radius 1 is 0.324 bits per heavy atom. The third kappa shape index (κ3) is 32.4. The Balaban J connectivity index is 0.000000282. The lowest BCUT2D eigenvalue weighted by Gasteiger charge is -2.29. The fraction of sp³-hybridized carbons (Fsp3) is 0.444. The molecule has 4 heterocycles. The van der Waals surface area contributed by atoms with Crippen LogP contribution in [0.1, 0.15) is 302 Å². The van der Waals surface area contributed by atoms with Gasteiger partial charge in [0.1, 0.15) is 34.5 Å². The van der Waals surface area contributed by atoms with E-state index >= 15 is 0 Å². The number of aromatic nitrogens is 6. The third-order valence-electron chi connectivity index (χ3n) is 24.6.